The predicted octanol–water partition coefficient (Wildman–Crippen LogP) is 2.96. The van der Waals surface area contributed by atoms with Gasteiger partial charge in [0.15, 0.2) is 6.61 Å². The molecule has 26 heavy (non-hydrogen) atoms. The SMILES string of the molecule is CC1(C)C[C@@H]2C[C@](C)(CN2S(=O)(=O)c2cccc(C(=O)OCC#N)c2)C1. The topological polar surface area (TPSA) is 87.5 Å². The largest absolute Gasteiger partial charge is 0.447 e. The summed E-state index contributed by atoms with van der Waals surface area (Å²) in [4.78, 5) is 12.0. The van der Waals surface area contributed by atoms with Gasteiger partial charge in [0.25, 0.3) is 0 Å². The minimum Gasteiger partial charge on any atom is -0.447 e. The maximum absolute atomic E-state index is 13.2. The number of ether oxygens (including phenoxy) is 1. The van der Waals surface area contributed by atoms with Gasteiger partial charge in [-0.25, -0.2) is 13.2 Å². The molecule has 1 aliphatic heterocycles. The number of benzene rings is 1. The number of esters is 1. The van der Waals surface area contributed by atoms with Crippen LogP contribution in [0.25, 0.3) is 0 Å². The fraction of sp³-hybridized carbons (Fsp3) is 0.579. The summed E-state index contributed by atoms with van der Waals surface area (Å²) in [6, 6.07) is 7.58. The van der Waals surface area contributed by atoms with Crippen LogP contribution in [0.3, 0.4) is 0 Å². The molecule has 1 aliphatic carbocycles. The maximum atomic E-state index is 13.2. The molecule has 3 rings (SSSR count). The van der Waals surface area contributed by atoms with Crippen molar-refractivity contribution in [1.82, 2.24) is 4.31 Å². The van der Waals surface area contributed by atoms with Crippen molar-refractivity contribution < 1.29 is 17.9 Å². The second kappa shape index (κ2) is 6.36. The average Bonchev–Trinajstić information content (AvgIpc) is 2.82. The van der Waals surface area contributed by atoms with E-state index in [9.17, 15) is 13.2 Å². The molecule has 0 amide bonds. The van der Waals surface area contributed by atoms with Gasteiger partial charge in [0, 0.05) is 12.6 Å². The molecule has 7 heteroatoms. The summed E-state index contributed by atoms with van der Waals surface area (Å²) in [7, 11) is -3.70. The van der Waals surface area contributed by atoms with Crippen molar-refractivity contribution in [3.8, 4) is 6.07 Å². The van der Waals surface area contributed by atoms with Crippen LogP contribution in [-0.2, 0) is 14.8 Å². The number of nitriles is 1. The second-order valence-electron chi connectivity index (χ2n) is 8.53. The molecule has 6 nitrogen and oxygen atoms in total. The first kappa shape index (κ1) is 18.9. The van der Waals surface area contributed by atoms with Crippen LogP contribution < -0.4 is 0 Å². The molecular formula is C19H24N2O4S. The van der Waals surface area contributed by atoms with Crippen LogP contribution in [0.4, 0.5) is 0 Å². The number of carbonyl (C=O) groups excluding carboxylic acids is 1. The zero-order valence-corrected chi connectivity index (χ0v) is 16.2. The van der Waals surface area contributed by atoms with Crippen LogP contribution in [0.15, 0.2) is 29.2 Å². The predicted molar refractivity (Wildman–Crippen MR) is 95.8 cm³/mol. The highest BCUT2D eigenvalue weighted by molar-refractivity contribution is 7.89. The number of fused-ring (bicyclic) bond motifs is 2. The Kier molecular flexibility index (Phi) is 4.62. The number of rotatable bonds is 4. The number of nitrogens with zero attached hydrogens (tertiary/aromatic N) is 2. The van der Waals surface area contributed by atoms with Crippen molar-refractivity contribution in [2.45, 2.75) is 51.0 Å². The van der Waals surface area contributed by atoms with Crippen molar-refractivity contribution >= 4 is 16.0 Å². The number of hydrogen-bond acceptors (Lipinski definition) is 5. The quantitative estimate of drug-likeness (QED) is 0.754. The maximum Gasteiger partial charge on any atom is 0.339 e. The first-order valence-corrected chi connectivity index (χ1v) is 10.2. The third kappa shape index (κ3) is 3.49. The molecule has 1 heterocycles. The molecule has 0 spiro atoms. The van der Waals surface area contributed by atoms with E-state index in [4.69, 9.17) is 10.00 Å². The van der Waals surface area contributed by atoms with E-state index in [0.29, 0.717) is 6.54 Å². The highest BCUT2D eigenvalue weighted by atomic mass is 32.2. The van der Waals surface area contributed by atoms with Crippen molar-refractivity contribution in [3.63, 3.8) is 0 Å². The molecular weight excluding hydrogens is 352 g/mol. The van der Waals surface area contributed by atoms with Gasteiger partial charge in [0.05, 0.1) is 10.5 Å². The Morgan fingerprint density at radius 1 is 1.35 bits per heavy atom. The molecule has 140 valence electrons. The Morgan fingerprint density at radius 3 is 2.77 bits per heavy atom. The Bertz CT molecular complexity index is 872. The molecule has 1 saturated carbocycles. The van der Waals surface area contributed by atoms with Crippen LogP contribution >= 0.6 is 0 Å². The van der Waals surface area contributed by atoms with E-state index in [1.807, 2.05) is 0 Å². The standard InChI is InChI=1S/C19H24N2O4S/c1-18(2)10-15-11-19(3,12-18)13-21(15)26(23,24)16-6-4-5-14(9-16)17(22)25-8-7-20/h4-6,9,15H,8,10-13H2,1-3H3/t15-,19+/m1/s1. The monoisotopic (exact) mass is 376 g/mol. The van der Waals surface area contributed by atoms with Crippen molar-refractivity contribution in [3.05, 3.63) is 29.8 Å². The minimum absolute atomic E-state index is 0.0111. The molecule has 2 aliphatic rings. The van der Waals surface area contributed by atoms with Crippen LogP contribution in [-0.4, -0.2) is 37.9 Å². The molecule has 1 aromatic rings. The van der Waals surface area contributed by atoms with Gasteiger partial charge >= 0.3 is 5.97 Å². The summed E-state index contributed by atoms with van der Waals surface area (Å²) in [5.74, 6) is -0.697. The third-order valence-corrected chi connectivity index (χ3v) is 7.21. The number of sulfonamides is 1. The highest BCUT2D eigenvalue weighted by Gasteiger charge is 2.53. The van der Waals surface area contributed by atoms with Crippen molar-refractivity contribution in [2.75, 3.05) is 13.2 Å². The summed E-state index contributed by atoms with van der Waals surface area (Å²) in [5, 5.41) is 8.51. The molecule has 0 N–H and O–H groups in total. The van der Waals surface area contributed by atoms with Gasteiger partial charge in [0.2, 0.25) is 10.0 Å². The van der Waals surface area contributed by atoms with Gasteiger partial charge in [-0.1, -0.05) is 26.8 Å². The van der Waals surface area contributed by atoms with E-state index in [0.717, 1.165) is 19.3 Å². The van der Waals surface area contributed by atoms with E-state index in [2.05, 4.69) is 20.8 Å². The van der Waals surface area contributed by atoms with E-state index in [1.54, 1.807) is 10.4 Å². The lowest BCUT2D eigenvalue weighted by atomic mass is 9.65. The minimum atomic E-state index is -3.70. The zero-order chi connectivity index (χ0) is 19.2. The van der Waals surface area contributed by atoms with Crippen molar-refractivity contribution in [1.29, 1.82) is 5.26 Å². The van der Waals surface area contributed by atoms with E-state index in [-0.39, 0.29) is 33.9 Å². The normalized spacial score (nSPS) is 27.7. The molecule has 2 bridgehead atoms. The summed E-state index contributed by atoms with van der Waals surface area (Å²) in [6.07, 6.45) is 2.72. The Labute approximate surface area is 154 Å². The lowest BCUT2D eigenvalue weighted by molar-refractivity contribution is 0.0554. The fourth-order valence-corrected chi connectivity index (χ4v) is 6.61. The average molecular weight is 376 g/mol. The van der Waals surface area contributed by atoms with Gasteiger partial charge in [-0.3, -0.25) is 0 Å². The van der Waals surface area contributed by atoms with Gasteiger partial charge < -0.3 is 4.74 Å². The van der Waals surface area contributed by atoms with Gasteiger partial charge in [-0.2, -0.15) is 9.57 Å². The first-order valence-electron chi connectivity index (χ1n) is 8.72. The summed E-state index contributed by atoms with van der Waals surface area (Å²) >= 11 is 0. The fourth-order valence-electron chi connectivity index (χ4n) is 4.79. The van der Waals surface area contributed by atoms with Crippen LogP contribution in [0.1, 0.15) is 50.4 Å². The lowest BCUT2D eigenvalue weighted by Gasteiger charge is -2.39. The number of hydrogen-bond donors (Lipinski definition) is 0. The zero-order valence-electron chi connectivity index (χ0n) is 15.4. The molecule has 1 aromatic carbocycles. The number of carbonyl (C=O) groups is 1. The molecule has 2 fully saturated rings. The van der Waals surface area contributed by atoms with Gasteiger partial charge in [0.1, 0.15) is 6.07 Å². The summed E-state index contributed by atoms with van der Waals surface area (Å²) in [6.45, 7) is 6.69. The highest BCUT2D eigenvalue weighted by Crippen LogP contribution is 2.53. The Balaban J connectivity index is 1.90. The van der Waals surface area contributed by atoms with Gasteiger partial charge in [-0.05, 0) is 48.3 Å². The molecule has 0 unspecified atom stereocenters. The smallest absolute Gasteiger partial charge is 0.339 e. The lowest BCUT2D eigenvalue weighted by Crippen LogP contribution is -2.37. The molecule has 0 aromatic heterocycles. The summed E-state index contributed by atoms with van der Waals surface area (Å²) < 4.78 is 32.9. The Hall–Kier alpha value is -1.91. The third-order valence-electron chi connectivity index (χ3n) is 5.31. The van der Waals surface area contributed by atoms with Gasteiger partial charge in [-0.15, -0.1) is 0 Å². The van der Waals surface area contributed by atoms with Crippen LogP contribution in [0.2, 0.25) is 0 Å². The molecule has 1 saturated heterocycles. The Morgan fingerprint density at radius 2 is 2.08 bits per heavy atom. The van der Waals surface area contributed by atoms with Crippen LogP contribution in [0, 0.1) is 22.2 Å². The van der Waals surface area contributed by atoms with E-state index < -0.39 is 16.0 Å². The summed E-state index contributed by atoms with van der Waals surface area (Å²) in [5.41, 5.74) is 0.239. The van der Waals surface area contributed by atoms with E-state index in [1.165, 1.54) is 24.3 Å². The molecule has 0 radical (unpaired) electrons. The first-order chi connectivity index (χ1) is 12.1. The molecule has 2 atom stereocenters. The second-order valence-corrected chi connectivity index (χ2v) is 10.4. The van der Waals surface area contributed by atoms with Crippen molar-refractivity contribution in [2.24, 2.45) is 10.8 Å². The van der Waals surface area contributed by atoms with E-state index >= 15 is 0 Å². The van der Waals surface area contributed by atoms with Crippen LogP contribution in [0.5, 0.6) is 0 Å².